The lowest BCUT2D eigenvalue weighted by Crippen LogP contribution is -2.45. The third-order valence-corrected chi connectivity index (χ3v) is 4.74. The molecule has 0 saturated carbocycles. The number of carbonyl (C=O) groups is 3. The first-order valence-electron chi connectivity index (χ1n) is 10.3. The van der Waals surface area contributed by atoms with Crippen LogP contribution in [0, 0.1) is 0 Å². The normalized spacial score (nSPS) is 15.9. The zero-order valence-electron chi connectivity index (χ0n) is 19.0. The number of rotatable bonds is 7. The lowest BCUT2D eigenvalue weighted by Gasteiger charge is -2.34. The molecule has 0 fully saturated rings. The van der Waals surface area contributed by atoms with Crippen molar-refractivity contribution in [2.45, 2.75) is 65.7 Å². The maximum Gasteiger partial charge on any atom is 0.410 e. The summed E-state index contributed by atoms with van der Waals surface area (Å²) in [5, 5.41) is 6.76. The third kappa shape index (κ3) is 6.27. The molecular formula is C21H30F2N4O5. The molecule has 1 atom stereocenters. The molecule has 1 N–H and O–H groups in total. The molecule has 1 aliphatic rings. The smallest absolute Gasteiger partial charge is 0.410 e. The number of alkyl halides is 2. The fraction of sp³-hybridized carbons (Fsp3) is 0.619. The Morgan fingerprint density at radius 1 is 1.34 bits per heavy atom. The van der Waals surface area contributed by atoms with Gasteiger partial charge in [0.25, 0.3) is 12.3 Å². The highest BCUT2D eigenvalue weighted by Crippen LogP contribution is 2.27. The van der Waals surface area contributed by atoms with Gasteiger partial charge in [0.05, 0.1) is 31.9 Å². The molecule has 1 aliphatic heterocycles. The first kappa shape index (κ1) is 25.3. The number of esters is 1. The fourth-order valence-corrected chi connectivity index (χ4v) is 3.27. The molecule has 32 heavy (non-hydrogen) atoms. The van der Waals surface area contributed by atoms with Crippen LogP contribution in [0.3, 0.4) is 0 Å². The molecule has 0 spiro atoms. The molecule has 9 nitrogen and oxygen atoms in total. The van der Waals surface area contributed by atoms with Gasteiger partial charge in [0.1, 0.15) is 11.3 Å². The van der Waals surface area contributed by atoms with E-state index in [1.807, 2.05) is 6.92 Å². The number of nitrogens with one attached hydrogen (secondary N) is 1. The minimum atomic E-state index is -2.83. The predicted molar refractivity (Wildman–Crippen MR) is 111 cm³/mol. The molecule has 0 aromatic carbocycles. The van der Waals surface area contributed by atoms with E-state index in [-0.39, 0.29) is 30.5 Å². The zero-order chi connectivity index (χ0) is 24.2. The van der Waals surface area contributed by atoms with Gasteiger partial charge in [0, 0.05) is 23.6 Å². The van der Waals surface area contributed by atoms with E-state index < -0.39 is 43.1 Å². The van der Waals surface area contributed by atoms with E-state index in [1.54, 1.807) is 27.7 Å². The average molecular weight is 456 g/mol. The van der Waals surface area contributed by atoms with E-state index in [2.05, 4.69) is 16.8 Å². The number of amides is 2. The van der Waals surface area contributed by atoms with Gasteiger partial charge in [-0.25, -0.2) is 18.4 Å². The van der Waals surface area contributed by atoms with Crippen molar-refractivity contribution in [3.8, 4) is 0 Å². The summed E-state index contributed by atoms with van der Waals surface area (Å²) in [6.45, 7) is 11.0. The Morgan fingerprint density at radius 2 is 2.00 bits per heavy atom. The second-order valence-corrected chi connectivity index (χ2v) is 8.59. The Kier molecular flexibility index (Phi) is 7.97. The zero-order valence-corrected chi connectivity index (χ0v) is 19.0. The third-order valence-electron chi connectivity index (χ3n) is 4.74. The molecule has 1 aromatic heterocycles. The van der Waals surface area contributed by atoms with Gasteiger partial charge < -0.3 is 19.3 Å². The highest BCUT2D eigenvalue weighted by atomic mass is 19.3. The van der Waals surface area contributed by atoms with Gasteiger partial charge >= 0.3 is 12.1 Å². The number of hydrogen-bond donors (Lipinski definition) is 1. The molecule has 0 radical (unpaired) electrons. The Morgan fingerprint density at radius 3 is 2.56 bits per heavy atom. The SMILES string of the molecule is C=C(CN(CC(F)F)C(=O)c1[nH]nc2c1CN(C(=O)OC(C)(C)C)[C@H](C)C2)C(=O)OCC. The number of carbonyl (C=O) groups excluding carboxylic acids is 3. The van der Waals surface area contributed by atoms with Crippen LogP contribution >= 0.6 is 0 Å². The van der Waals surface area contributed by atoms with Crippen LogP contribution in [0.5, 0.6) is 0 Å². The van der Waals surface area contributed by atoms with Gasteiger partial charge in [-0.1, -0.05) is 6.58 Å². The van der Waals surface area contributed by atoms with Crippen molar-refractivity contribution in [2.24, 2.45) is 0 Å². The van der Waals surface area contributed by atoms with Crippen molar-refractivity contribution in [2.75, 3.05) is 19.7 Å². The Labute approximate surface area is 185 Å². The maximum absolute atomic E-state index is 13.2. The summed E-state index contributed by atoms with van der Waals surface area (Å²) in [4.78, 5) is 39.9. The molecule has 2 amide bonds. The molecule has 0 bridgehead atoms. The van der Waals surface area contributed by atoms with Crippen molar-refractivity contribution >= 4 is 18.0 Å². The maximum atomic E-state index is 13.2. The number of aromatic amines is 1. The topological polar surface area (TPSA) is 105 Å². The molecular weight excluding hydrogens is 426 g/mol. The van der Waals surface area contributed by atoms with Crippen molar-refractivity contribution in [3.63, 3.8) is 0 Å². The number of hydrogen-bond acceptors (Lipinski definition) is 6. The number of H-pyrrole nitrogens is 1. The van der Waals surface area contributed by atoms with Crippen LogP contribution < -0.4 is 0 Å². The lowest BCUT2D eigenvalue weighted by molar-refractivity contribution is -0.138. The average Bonchev–Trinajstić information content (AvgIpc) is 3.07. The second kappa shape index (κ2) is 10.1. The van der Waals surface area contributed by atoms with Gasteiger partial charge in [0.15, 0.2) is 0 Å². The van der Waals surface area contributed by atoms with E-state index >= 15 is 0 Å². The van der Waals surface area contributed by atoms with Crippen LogP contribution in [-0.4, -0.2) is 75.7 Å². The van der Waals surface area contributed by atoms with Crippen LogP contribution in [0.1, 0.15) is 56.4 Å². The molecule has 0 unspecified atom stereocenters. The Balaban J connectivity index is 2.28. The monoisotopic (exact) mass is 456 g/mol. The van der Waals surface area contributed by atoms with Gasteiger partial charge in [-0.05, 0) is 34.6 Å². The standard InChI is InChI=1S/C21H30F2N4O5/c1-7-31-19(29)12(2)9-26(11-16(22)23)18(28)17-14-10-27(20(30)32-21(4,5)6)13(3)8-15(14)24-25-17/h13,16H,2,7-11H2,1,3-6H3,(H,24,25)/t13-/m1/s1. The summed E-state index contributed by atoms with van der Waals surface area (Å²) >= 11 is 0. The minimum absolute atomic E-state index is 0.0160. The van der Waals surface area contributed by atoms with E-state index in [0.29, 0.717) is 17.7 Å². The predicted octanol–water partition coefficient (Wildman–Crippen LogP) is 2.92. The first-order chi connectivity index (χ1) is 14.8. The van der Waals surface area contributed by atoms with Gasteiger partial charge in [0.2, 0.25) is 0 Å². The van der Waals surface area contributed by atoms with Crippen LogP contribution in [0.2, 0.25) is 0 Å². The number of nitrogens with zero attached hydrogens (tertiary/aromatic N) is 3. The van der Waals surface area contributed by atoms with E-state index in [4.69, 9.17) is 9.47 Å². The molecule has 11 heteroatoms. The van der Waals surface area contributed by atoms with Crippen LogP contribution in [0.25, 0.3) is 0 Å². The second-order valence-electron chi connectivity index (χ2n) is 8.59. The van der Waals surface area contributed by atoms with E-state index in [9.17, 15) is 23.2 Å². The molecule has 1 aromatic rings. The summed E-state index contributed by atoms with van der Waals surface area (Å²) in [6.07, 6.45) is -3.01. The van der Waals surface area contributed by atoms with Gasteiger partial charge in [-0.2, -0.15) is 5.10 Å². The fourth-order valence-electron chi connectivity index (χ4n) is 3.27. The number of fused-ring (bicyclic) bond motifs is 1. The van der Waals surface area contributed by atoms with E-state index in [0.717, 1.165) is 4.90 Å². The van der Waals surface area contributed by atoms with Crippen molar-refractivity contribution in [3.05, 3.63) is 29.1 Å². The summed E-state index contributed by atoms with van der Waals surface area (Å²) in [7, 11) is 0. The minimum Gasteiger partial charge on any atom is -0.463 e. The molecule has 0 aliphatic carbocycles. The number of halogens is 2. The lowest BCUT2D eigenvalue weighted by atomic mass is 9.99. The largest absolute Gasteiger partial charge is 0.463 e. The number of aromatic nitrogens is 2. The quantitative estimate of drug-likeness (QED) is 0.500. The van der Waals surface area contributed by atoms with Crippen molar-refractivity contribution < 1.29 is 32.6 Å². The summed E-state index contributed by atoms with van der Waals surface area (Å²) in [6, 6.07) is -0.232. The van der Waals surface area contributed by atoms with Crippen LogP contribution in [-0.2, 0) is 27.2 Å². The molecule has 2 heterocycles. The molecule has 178 valence electrons. The van der Waals surface area contributed by atoms with Crippen LogP contribution in [0.4, 0.5) is 13.6 Å². The number of ether oxygens (including phenoxy) is 2. The van der Waals surface area contributed by atoms with E-state index in [1.165, 1.54) is 4.90 Å². The van der Waals surface area contributed by atoms with Crippen molar-refractivity contribution in [1.82, 2.24) is 20.0 Å². The highest BCUT2D eigenvalue weighted by Gasteiger charge is 2.36. The molecule has 0 saturated heterocycles. The summed E-state index contributed by atoms with van der Waals surface area (Å²) < 4.78 is 36.6. The van der Waals surface area contributed by atoms with Crippen LogP contribution in [0.15, 0.2) is 12.2 Å². The summed E-state index contributed by atoms with van der Waals surface area (Å²) in [5.74, 6) is -1.54. The van der Waals surface area contributed by atoms with Crippen molar-refractivity contribution in [1.29, 1.82) is 0 Å². The molecule has 2 rings (SSSR count). The van der Waals surface area contributed by atoms with Gasteiger partial charge in [-0.3, -0.25) is 9.89 Å². The Hall–Kier alpha value is -2.98. The highest BCUT2D eigenvalue weighted by molar-refractivity contribution is 5.96. The Bertz CT molecular complexity index is 878. The summed E-state index contributed by atoms with van der Waals surface area (Å²) in [5.41, 5.74) is 0.158. The van der Waals surface area contributed by atoms with Gasteiger partial charge in [-0.15, -0.1) is 0 Å². The first-order valence-corrected chi connectivity index (χ1v) is 10.3.